The van der Waals surface area contributed by atoms with Crippen molar-refractivity contribution in [2.45, 2.75) is 12.5 Å². The molecule has 0 aliphatic carbocycles. The molecule has 2 N–H and O–H groups in total. The van der Waals surface area contributed by atoms with Crippen LogP contribution in [0.4, 0.5) is 0 Å². The Morgan fingerprint density at radius 2 is 2.18 bits per heavy atom. The molecule has 1 heterocycles. The molecule has 0 bridgehead atoms. The first kappa shape index (κ1) is 12.2. The quantitative estimate of drug-likeness (QED) is 0.922. The zero-order valence-electron chi connectivity index (χ0n) is 9.30. The average molecular weight is 296 g/mol. The second-order valence-corrected chi connectivity index (χ2v) is 4.73. The van der Waals surface area contributed by atoms with Crippen LogP contribution >= 0.6 is 15.9 Å². The topological polar surface area (TPSA) is 48.4 Å². The van der Waals surface area contributed by atoms with Gasteiger partial charge in [-0.05, 0) is 30.3 Å². The monoisotopic (exact) mass is 295 g/mol. The van der Waals surface area contributed by atoms with Gasteiger partial charge in [0.2, 0.25) is 0 Å². The molecule has 1 aromatic heterocycles. The summed E-state index contributed by atoms with van der Waals surface area (Å²) in [4.78, 5) is 0. The summed E-state index contributed by atoms with van der Waals surface area (Å²) in [6.07, 6.45) is 2.33. The van der Waals surface area contributed by atoms with E-state index in [1.807, 2.05) is 36.4 Å². The first-order chi connectivity index (χ1) is 8.24. The fraction of sp³-hybridized carbons (Fsp3) is 0.231. The summed E-state index contributed by atoms with van der Waals surface area (Å²) in [5.74, 6) is 1.70. The van der Waals surface area contributed by atoms with E-state index >= 15 is 0 Å². The van der Waals surface area contributed by atoms with Gasteiger partial charge in [0, 0.05) is 16.9 Å². The van der Waals surface area contributed by atoms with E-state index in [1.165, 1.54) is 0 Å². The fourth-order valence-electron chi connectivity index (χ4n) is 1.51. The Bertz CT molecular complexity index is 456. The smallest absolute Gasteiger partial charge is 0.120 e. The van der Waals surface area contributed by atoms with Crippen LogP contribution in [0, 0.1) is 0 Å². The van der Waals surface area contributed by atoms with E-state index in [1.54, 1.807) is 6.26 Å². The molecule has 0 saturated heterocycles. The predicted molar refractivity (Wildman–Crippen MR) is 70.0 cm³/mol. The molecule has 0 spiro atoms. The minimum absolute atomic E-state index is 0.0693. The molecule has 1 aromatic carbocycles. The fourth-order valence-corrected chi connectivity index (χ4v) is 1.88. The van der Waals surface area contributed by atoms with Crippen LogP contribution in [0.3, 0.4) is 0 Å². The lowest BCUT2D eigenvalue weighted by Crippen LogP contribution is -2.29. The Morgan fingerprint density at radius 1 is 1.29 bits per heavy atom. The second-order valence-electron chi connectivity index (χ2n) is 3.81. The van der Waals surface area contributed by atoms with Gasteiger partial charge in [-0.15, -0.1) is 0 Å². The Labute approximate surface area is 109 Å². The van der Waals surface area contributed by atoms with Crippen LogP contribution in [-0.4, -0.2) is 12.6 Å². The summed E-state index contributed by atoms with van der Waals surface area (Å²) < 4.78 is 11.8. The minimum Gasteiger partial charge on any atom is -0.492 e. The molecule has 0 radical (unpaired) electrons. The maximum Gasteiger partial charge on any atom is 0.120 e. The number of halogens is 1. The summed E-state index contributed by atoms with van der Waals surface area (Å²) in [6, 6.07) is 11.4. The van der Waals surface area contributed by atoms with Crippen molar-refractivity contribution in [3.63, 3.8) is 0 Å². The van der Waals surface area contributed by atoms with Crippen molar-refractivity contribution in [3.8, 4) is 5.75 Å². The second kappa shape index (κ2) is 5.89. The highest BCUT2D eigenvalue weighted by Gasteiger charge is 2.07. The molecule has 17 heavy (non-hydrogen) atoms. The van der Waals surface area contributed by atoms with Gasteiger partial charge in [0.15, 0.2) is 0 Å². The first-order valence-corrected chi connectivity index (χ1v) is 6.19. The summed E-state index contributed by atoms with van der Waals surface area (Å²) in [6.45, 7) is 0.469. The van der Waals surface area contributed by atoms with E-state index in [2.05, 4.69) is 15.9 Å². The molecular weight excluding hydrogens is 282 g/mol. The highest BCUT2D eigenvalue weighted by molar-refractivity contribution is 9.10. The Balaban J connectivity index is 1.82. The van der Waals surface area contributed by atoms with E-state index < -0.39 is 0 Å². The van der Waals surface area contributed by atoms with Gasteiger partial charge in [0.05, 0.1) is 6.26 Å². The van der Waals surface area contributed by atoms with Crippen molar-refractivity contribution < 1.29 is 9.15 Å². The molecule has 0 aliphatic rings. The van der Waals surface area contributed by atoms with Crippen molar-refractivity contribution in [2.24, 2.45) is 5.73 Å². The number of ether oxygens (including phenoxy) is 1. The van der Waals surface area contributed by atoms with Gasteiger partial charge in [0.25, 0.3) is 0 Å². The zero-order chi connectivity index (χ0) is 12.1. The minimum atomic E-state index is -0.0693. The van der Waals surface area contributed by atoms with Crippen LogP contribution in [-0.2, 0) is 6.42 Å². The van der Waals surface area contributed by atoms with Crippen molar-refractivity contribution in [1.82, 2.24) is 0 Å². The number of hydrogen-bond donors (Lipinski definition) is 1. The van der Waals surface area contributed by atoms with Gasteiger partial charge in [-0.25, -0.2) is 0 Å². The molecule has 90 valence electrons. The number of furan rings is 1. The van der Waals surface area contributed by atoms with Crippen molar-refractivity contribution >= 4 is 15.9 Å². The van der Waals surface area contributed by atoms with Gasteiger partial charge in [-0.3, -0.25) is 0 Å². The maximum absolute atomic E-state index is 5.95. The number of rotatable bonds is 5. The van der Waals surface area contributed by atoms with Gasteiger partial charge in [0.1, 0.15) is 18.1 Å². The van der Waals surface area contributed by atoms with Crippen LogP contribution in [0.5, 0.6) is 5.75 Å². The normalized spacial score (nSPS) is 12.4. The van der Waals surface area contributed by atoms with Crippen molar-refractivity contribution in [2.75, 3.05) is 6.61 Å². The summed E-state index contributed by atoms with van der Waals surface area (Å²) >= 11 is 3.39. The number of hydrogen-bond acceptors (Lipinski definition) is 3. The van der Waals surface area contributed by atoms with Crippen LogP contribution in [0.2, 0.25) is 0 Å². The third-order valence-electron chi connectivity index (χ3n) is 2.30. The maximum atomic E-state index is 5.95. The molecule has 0 aliphatic heterocycles. The Hall–Kier alpha value is -1.26. The highest BCUT2D eigenvalue weighted by Crippen LogP contribution is 2.17. The molecule has 1 unspecified atom stereocenters. The van der Waals surface area contributed by atoms with E-state index in [0.717, 1.165) is 16.0 Å². The number of nitrogens with two attached hydrogens (primary N) is 1. The lowest BCUT2D eigenvalue weighted by molar-refractivity contribution is 0.282. The molecule has 0 amide bonds. The van der Waals surface area contributed by atoms with Gasteiger partial charge >= 0.3 is 0 Å². The Morgan fingerprint density at radius 3 is 2.88 bits per heavy atom. The van der Waals surface area contributed by atoms with Gasteiger partial charge < -0.3 is 14.9 Å². The summed E-state index contributed by atoms with van der Waals surface area (Å²) in [5, 5.41) is 0. The molecule has 2 rings (SSSR count). The largest absolute Gasteiger partial charge is 0.492 e. The molecule has 0 saturated carbocycles. The summed E-state index contributed by atoms with van der Waals surface area (Å²) in [5.41, 5.74) is 5.95. The van der Waals surface area contributed by atoms with Crippen LogP contribution in [0.1, 0.15) is 5.76 Å². The first-order valence-electron chi connectivity index (χ1n) is 5.40. The molecule has 3 nitrogen and oxygen atoms in total. The lowest BCUT2D eigenvalue weighted by atomic mass is 10.2. The molecule has 0 fully saturated rings. The Kier molecular flexibility index (Phi) is 4.23. The van der Waals surface area contributed by atoms with E-state index in [-0.39, 0.29) is 6.04 Å². The number of benzene rings is 1. The molecule has 1 atom stereocenters. The zero-order valence-corrected chi connectivity index (χ0v) is 10.9. The summed E-state index contributed by atoms with van der Waals surface area (Å²) in [7, 11) is 0. The van der Waals surface area contributed by atoms with Crippen molar-refractivity contribution in [1.29, 1.82) is 0 Å². The molecule has 2 aromatic rings. The van der Waals surface area contributed by atoms with E-state index in [0.29, 0.717) is 13.0 Å². The lowest BCUT2D eigenvalue weighted by Gasteiger charge is -2.12. The van der Waals surface area contributed by atoms with E-state index in [9.17, 15) is 0 Å². The average Bonchev–Trinajstić information content (AvgIpc) is 2.79. The molecule has 4 heteroatoms. The van der Waals surface area contributed by atoms with Crippen LogP contribution in [0.15, 0.2) is 51.6 Å². The van der Waals surface area contributed by atoms with E-state index in [4.69, 9.17) is 14.9 Å². The SMILES string of the molecule is NC(COc1cccc(Br)c1)Cc1ccco1. The van der Waals surface area contributed by atoms with Crippen LogP contribution in [0.25, 0.3) is 0 Å². The van der Waals surface area contributed by atoms with Gasteiger partial charge in [-0.2, -0.15) is 0 Å². The predicted octanol–water partition coefficient (Wildman–Crippen LogP) is 2.99. The molecular formula is C13H14BrNO2. The van der Waals surface area contributed by atoms with Gasteiger partial charge in [-0.1, -0.05) is 22.0 Å². The third-order valence-corrected chi connectivity index (χ3v) is 2.80. The third kappa shape index (κ3) is 3.91. The van der Waals surface area contributed by atoms with Crippen molar-refractivity contribution in [3.05, 3.63) is 52.9 Å². The van der Waals surface area contributed by atoms with Crippen LogP contribution < -0.4 is 10.5 Å². The highest BCUT2D eigenvalue weighted by atomic mass is 79.9. The standard InChI is InChI=1S/C13H14BrNO2/c14-10-3-1-4-12(7-10)17-9-11(15)8-13-5-2-6-16-13/h1-7,11H,8-9,15H2.